The molecule has 168 valence electrons. The molecule has 2 aliphatic rings. The van der Waals surface area contributed by atoms with Crippen molar-refractivity contribution in [2.45, 2.75) is 69.4 Å². The number of aromatic amines is 1. The van der Waals surface area contributed by atoms with Gasteiger partial charge in [0.05, 0.1) is 4.90 Å². The SMILES string of the molecule is CC(=O)NS(=O)c1ccc(C2CCCCN2Cc2c(C3CC3)cc(C)c3[nH]ccc23)cc1. The number of benzene rings is 2. The van der Waals surface area contributed by atoms with E-state index in [0.717, 1.165) is 19.5 Å². The molecule has 2 atom stereocenters. The molecule has 32 heavy (non-hydrogen) atoms. The molecule has 0 spiro atoms. The first-order valence-corrected chi connectivity index (χ1v) is 12.8. The Hall–Kier alpha value is -2.44. The number of hydrogen-bond donors (Lipinski definition) is 2. The summed E-state index contributed by atoms with van der Waals surface area (Å²) in [4.78, 5) is 17.9. The molecule has 0 bridgehead atoms. The van der Waals surface area contributed by atoms with E-state index in [9.17, 15) is 9.00 Å². The van der Waals surface area contributed by atoms with Crippen molar-refractivity contribution < 1.29 is 9.00 Å². The number of carbonyl (C=O) groups is 1. The molecule has 3 aromatic rings. The molecule has 1 aliphatic heterocycles. The molecule has 5 rings (SSSR count). The third-order valence-electron chi connectivity index (χ3n) is 6.89. The van der Waals surface area contributed by atoms with Gasteiger partial charge in [-0.3, -0.25) is 14.4 Å². The predicted molar refractivity (Wildman–Crippen MR) is 129 cm³/mol. The Bertz CT molecular complexity index is 1160. The lowest BCUT2D eigenvalue weighted by molar-refractivity contribution is -0.117. The van der Waals surface area contributed by atoms with Gasteiger partial charge in [0.1, 0.15) is 0 Å². The zero-order valence-electron chi connectivity index (χ0n) is 18.8. The summed E-state index contributed by atoms with van der Waals surface area (Å²) in [5, 5.41) is 1.37. The summed E-state index contributed by atoms with van der Waals surface area (Å²) in [6, 6.07) is 13.0. The summed E-state index contributed by atoms with van der Waals surface area (Å²) in [5.41, 5.74) is 6.90. The van der Waals surface area contributed by atoms with Crippen molar-refractivity contribution in [2.24, 2.45) is 0 Å². The molecule has 0 radical (unpaired) electrons. The van der Waals surface area contributed by atoms with Crippen molar-refractivity contribution in [2.75, 3.05) is 6.54 Å². The fraction of sp³-hybridized carbons (Fsp3) is 0.423. The second kappa shape index (κ2) is 8.83. The van der Waals surface area contributed by atoms with Crippen molar-refractivity contribution >= 4 is 27.8 Å². The number of amides is 1. The maximum atomic E-state index is 12.2. The average molecular weight is 450 g/mol. The molecule has 2 N–H and O–H groups in total. The number of nitrogens with one attached hydrogen (secondary N) is 2. The summed E-state index contributed by atoms with van der Waals surface area (Å²) in [6.07, 6.45) is 8.26. The van der Waals surface area contributed by atoms with Crippen molar-refractivity contribution in [1.82, 2.24) is 14.6 Å². The van der Waals surface area contributed by atoms with E-state index in [1.54, 1.807) is 5.56 Å². The van der Waals surface area contributed by atoms with E-state index in [2.05, 4.69) is 52.0 Å². The molecule has 6 heteroatoms. The number of nitrogens with zero attached hydrogens (tertiary/aromatic N) is 1. The molecule has 5 nitrogen and oxygen atoms in total. The lowest BCUT2D eigenvalue weighted by Gasteiger charge is -2.37. The van der Waals surface area contributed by atoms with Gasteiger partial charge in [0.25, 0.3) is 0 Å². The highest BCUT2D eigenvalue weighted by molar-refractivity contribution is 7.83. The van der Waals surface area contributed by atoms with Gasteiger partial charge >= 0.3 is 0 Å². The highest BCUT2D eigenvalue weighted by Crippen LogP contribution is 2.45. The summed E-state index contributed by atoms with van der Waals surface area (Å²) in [5.74, 6) is 0.431. The van der Waals surface area contributed by atoms with Gasteiger partial charge in [-0.15, -0.1) is 0 Å². The normalized spacial score (nSPS) is 20.4. The van der Waals surface area contributed by atoms with Gasteiger partial charge in [0, 0.05) is 36.6 Å². The number of hydrogen-bond acceptors (Lipinski definition) is 3. The first-order chi connectivity index (χ1) is 15.5. The van der Waals surface area contributed by atoms with Crippen LogP contribution >= 0.6 is 0 Å². The molecular weight excluding hydrogens is 418 g/mol. The van der Waals surface area contributed by atoms with E-state index < -0.39 is 11.0 Å². The van der Waals surface area contributed by atoms with Crippen LogP contribution in [-0.2, 0) is 22.3 Å². The smallest absolute Gasteiger partial charge is 0.228 e. The second-order valence-corrected chi connectivity index (χ2v) is 10.5. The van der Waals surface area contributed by atoms with E-state index in [1.807, 2.05) is 12.1 Å². The van der Waals surface area contributed by atoms with Crippen LogP contribution in [0.2, 0.25) is 0 Å². The van der Waals surface area contributed by atoms with Gasteiger partial charge in [-0.2, -0.15) is 0 Å². The minimum atomic E-state index is -1.50. The van der Waals surface area contributed by atoms with Gasteiger partial charge in [0.15, 0.2) is 11.0 Å². The van der Waals surface area contributed by atoms with Crippen LogP contribution in [0.15, 0.2) is 47.5 Å². The van der Waals surface area contributed by atoms with Gasteiger partial charge in [0.2, 0.25) is 5.91 Å². The Morgan fingerprint density at radius 1 is 1.16 bits per heavy atom. The average Bonchev–Trinajstić information content (AvgIpc) is 3.51. The van der Waals surface area contributed by atoms with Crippen LogP contribution in [0.1, 0.15) is 73.2 Å². The molecule has 2 fully saturated rings. The maximum absolute atomic E-state index is 12.2. The number of rotatable bonds is 6. The monoisotopic (exact) mass is 449 g/mol. The van der Waals surface area contributed by atoms with Crippen LogP contribution in [-0.4, -0.2) is 26.5 Å². The topological polar surface area (TPSA) is 65.2 Å². The molecule has 2 aromatic carbocycles. The van der Waals surface area contributed by atoms with Crippen LogP contribution in [0.25, 0.3) is 10.9 Å². The van der Waals surface area contributed by atoms with Gasteiger partial charge in [-0.05, 0) is 85.5 Å². The van der Waals surface area contributed by atoms with Crippen molar-refractivity contribution in [3.05, 3.63) is 64.8 Å². The van der Waals surface area contributed by atoms with E-state index in [1.165, 1.54) is 60.2 Å². The van der Waals surface area contributed by atoms with Gasteiger partial charge in [-0.25, -0.2) is 4.21 Å². The molecule has 1 aliphatic carbocycles. The highest BCUT2D eigenvalue weighted by atomic mass is 32.2. The summed E-state index contributed by atoms with van der Waals surface area (Å²) in [7, 11) is -1.50. The predicted octanol–water partition coefficient (Wildman–Crippen LogP) is 5.24. The van der Waals surface area contributed by atoms with Crippen LogP contribution in [0, 0.1) is 6.92 Å². The highest BCUT2D eigenvalue weighted by Gasteiger charge is 2.30. The largest absolute Gasteiger partial charge is 0.361 e. The summed E-state index contributed by atoms with van der Waals surface area (Å²) in [6.45, 7) is 5.65. The van der Waals surface area contributed by atoms with E-state index in [-0.39, 0.29) is 5.91 Å². The summed E-state index contributed by atoms with van der Waals surface area (Å²) < 4.78 is 14.7. The Balaban J connectivity index is 1.43. The lowest BCUT2D eigenvalue weighted by Crippen LogP contribution is -2.33. The zero-order chi connectivity index (χ0) is 22.2. The molecular formula is C26H31N3O2S. The van der Waals surface area contributed by atoms with Crippen LogP contribution < -0.4 is 4.72 Å². The number of fused-ring (bicyclic) bond motifs is 1. The van der Waals surface area contributed by atoms with E-state index in [0.29, 0.717) is 16.9 Å². The van der Waals surface area contributed by atoms with Crippen LogP contribution in [0.5, 0.6) is 0 Å². The minimum Gasteiger partial charge on any atom is -0.361 e. The Kier molecular flexibility index (Phi) is 5.91. The molecule has 2 heterocycles. The van der Waals surface area contributed by atoms with Crippen LogP contribution in [0.3, 0.4) is 0 Å². The van der Waals surface area contributed by atoms with Crippen molar-refractivity contribution in [1.29, 1.82) is 0 Å². The molecule has 1 saturated carbocycles. The number of aryl methyl sites for hydroxylation is 1. The standard InChI is InChI=1S/C26H31N3O2S/c1-17-15-23(19-6-7-19)24(22-12-13-27-26(17)22)16-29-14-4-3-5-25(29)20-8-10-21(11-9-20)32(31)28-18(2)30/h8-13,15,19,25,27H,3-7,14,16H2,1-2H3,(H,28,30). The minimum absolute atomic E-state index is 0.286. The fourth-order valence-electron chi connectivity index (χ4n) is 5.19. The Morgan fingerprint density at radius 2 is 1.94 bits per heavy atom. The van der Waals surface area contributed by atoms with Crippen molar-refractivity contribution in [3.63, 3.8) is 0 Å². The quantitative estimate of drug-likeness (QED) is 0.541. The zero-order valence-corrected chi connectivity index (χ0v) is 19.6. The maximum Gasteiger partial charge on any atom is 0.228 e. The lowest BCUT2D eigenvalue weighted by atomic mass is 9.92. The van der Waals surface area contributed by atoms with E-state index >= 15 is 0 Å². The number of piperidine rings is 1. The first kappa shape index (κ1) is 21.4. The number of carbonyl (C=O) groups excluding carboxylic acids is 1. The third-order valence-corrected chi connectivity index (χ3v) is 8.07. The van der Waals surface area contributed by atoms with E-state index in [4.69, 9.17) is 0 Å². The molecule has 2 unspecified atom stereocenters. The third kappa shape index (κ3) is 4.26. The Morgan fingerprint density at radius 3 is 2.66 bits per heavy atom. The van der Waals surface area contributed by atoms with Gasteiger partial charge in [-0.1, -0.05) is 24.6 Å². The number of H-pyrrole nitrogens is 1. The van der Waals surface area contributed by atoms with Gasteiger partial charge < -0.3 is 4.98 Å². The number of aromatic nitrogens is 1. The second-order valence-electron chi connectivity index (χ2n) is 9.28. The molecule has 1 amide bonds. The fourth-order valence-corrected chi connectivity index (χ4v) is 5.96. The van der Waals surface area contributed by atoms with Crippen molar-refractivity contribution in [3.8, 4) is 0 Å². The molecule has 1 aromatic heterocycles. The first-order valence-electron chi connectivity index (χ1n) is 11.6. The van der Waals surface area contributed by atoms with Crippen LogP contribution in [0.4, 0.5) is 0 Å². The Labute approximate surface area is 192 Å². The summed E-state index contributed by atoms with van der Waals surface area (Å²) >= 11 is 0. The molecule has 1 saturated heterocycles. The number of likely N-dealkylation sites (tertiary alicyclic amines) is 1.